The fraction of sp³-hybridized carbons (Fsp3) is 0.719. The van der Waals surface area contributed by atoms with E-state index in [0.717, 1.165) is 6.54 Å². The third-order valence-corrected chi connectivity index (χ3v) is 7.30. The van der Waals surface area contributed by atoms with Crippen LogP contribution in [0.4, 0.5) is 0 Å². The van der Waals surface area contributed by atoms with Gasteiger partial charge in [0.2, 0.25) is 0 Å². The fourth-order valence-electron chi connectivity index (χ4n) is 5.12. The molecule has 1 aromatic heterocycles. The summed E-state index contributed by atoms with van der Waals surface area (Å²) in [7, 11) is 0. The normalized spacial score (nSPS) is 11.4. The van der Waals surface area contributed by atoms with Crippen molar-refractivity contribution in [2.24, 2.45) is 0 Å². The first kappa shape index (κ1) is 28.7. The number of unbranched alkanes of at least 4 members (excludes halogenated alkanes) is 14. The maximum Gasteiger partial charge on any atom is 0.256 e. The van der Waals surface area contributed by atoms with Gasteiger partial charge >= 0.3 is 0 Å². The number of rotatable bonds is 22. The quantitative estimate of drug-likeness (QED) is 0.120. The minimum Gasteiger partial charge on any atom is -0.234 e. The summed E-state index contributed by atoms with van der Waals surface area (Å²) in [5, 5.41) is 0. The first-order valence-corrected chi connectivity index (χ1v) is 15.0. The van der Waals surface area contributed by atoms with Gasteiger partial charge in [-0.15, -0.1) is 0 Å². The lowest BCUT2D eigenvalue weighted by molar-refractivity contribution is -0.704. The van der Waals surface area contributed by atoms with Crippen molar-refractivity contribution in [1.82, 2.24) is 4.57 Å². The summed E-state index contributed by atoms with van der Waals surface area (Å²) < 4.78 is 5.15. The Balaban J connectivity index is 1.77. The molecule has 0 aliphatic carbocycles. The highest BCUT2D eigenvalue weighted by atomic mass is 15.1. The minimum absolute atomic E-state index is 1.14. The van der Waals surface area contributed by atoms with Crippen LogP contribution < -0.4 is 4.57 Å². The van der Waals surface area contributed by atoms with Crippen LogP contribution in [0.5, 0.6) is 0 Å². The number of hydrogen-bond donors (Lipinski definition) is 0. The second-order valence-electron chi connectivity index (χ2n) is 10.4. The van der Waals surface area contributed by atoms with Gasteiger partial charge in [-0.3, -0.25) is 0 Å². The Labute approximate surface area is 212 Å². The summed E-state index contributed by atoms with van der Waals surface area (Å²) in [6, 6.07) is 11.0. The molecule has 0 saturated carbocycles. The Morgan fingerprint density at radius 3 is 1.76 bits per heavy atom. The van der Waals surface area contributed by atoms with Crippen molar-refractivity contribution in [3.63, 3.8) is 0 Å². The highest BCUT2D eigenvalue weighted by Crippen LogP contribution is 2.13. The van der Waals surface area contributed by atoms with E-state index in [1.807, 2.05) is 0 Å². The monoisotopic (exact) mass is 467 g/mol. The molecule has 0 radical (unpaired) electrons. The molecule has 0 saturated heterocycles. The minimum atomic E-state index is 1.14. The molecule has 2 aromatic rings. The molecule has 0 bridgehead atoms. The molecule has 192 valence electrons. The van der Waals surface area contributed by atoms with E-state index in [4.69, 9.17) is 0 Å². The van der Waals surface area contributed by atoms with E-state index < -0.39 is 0 Å². The SMILES string of the molecule is CCCCCCCCCCc1n(CCCCCCCCCC)cc[n+]1CCCc1ccccc1. The summed E-state index contributed by atoms with van der Waals surface area (Å²) >= 11 is 0. The summed E-state index contributed by atoms with van der Waals surface area (Å²) in [5.41, 5.74) is 1.46. The van der Waals surface area contributed by atoms with Crippen LogP contribution >= 0.6 is 0 Å². The van der Waals surface area contributed by atoms with Crippen molar-refractivity contribution in [3.05, 3.63) is 54.1 Å². The summed E-state index contributed by atoms with van der Waals surface area (Å²) in [4.78, 5) is 0. The van der Waals surface area contributed by atoms with Crippen molar-refractivity contribution in [3.8, 4) is 0 Å². The lowest BCUT2D eigenvalue weighted by Crippen LogP contribution is -2.37. The van der Waals surface area contributed by atoms with E-state index in [0.29, 0.717) is 0 Å². The number of imidazole rings is 1. The molecule has 0 aliphatic heterocycles. The number of nitrogens with zero attached hydrogens (tertiary/aromatic N) is 2. The van der Waals surface area contributed by atoms with E-state index in [9.17, 15) is 0 Å². The molecule has 1 aromatic carbocycles. The van der Waals surface area contributed by atoms with E-state index in [-0.39, 0.29) is 0 Å². The Bertz CT molecular complexity index is 703. The summed E-state index contributed by atoms with van der Waals surface area (Å²) in [6.07, 6.45) is 30.7. The van der Waals surface area contributed by atoms with Crippen LogP contribution in [-0.2, 0) is 25.9 Å². The molecule has 0 fully saturated rings. The first-order valence-electron chi connectivity index (χ1n) is 15.0. The second kappa shape index (κ2) is 19.7. The molecular formula is C32H55N2+. The standard InChI is InChI=1S/C32H55N2/c1-3-5-7-9-11-13-15-20-26-32-33(27-21-16-14-12-10-8-6-4-2)29-30-34(32)28-22-25-31-23-18-17-19-24-31/h17-19,23-24,29-30H,3-16,20-22,25-28H2,1-2H3/q+1. The zero-order valence-corrected chi connectivity index (χ0v) is 22.8. The van der Waals surface area contributed by atoms with E-state index >= 15 is 0 Å². The fourth-order valence-corrected chi connectivity index (χ4v) is 5.12. The van der Waals surface area contributed by atoms with Gasteiger partial charge < -0.3 is 0 Å². The predicted octanol–water partition coefficient (Wildman–Crippen LogP) is 9.23. The van der Waals surface area contributed by atoms with Crippen LogP contribution in [0, 0.1) is 0 Å². The maximum absolute atomic E-state index is 2.58. The Morgan fingerprint density at radius 2 is 1.15 bits per heavy atom. The Hall–Kier alpha value is -1.57. The molecule has 0 spiro atoms. The predicted molar refractivity (Wildman–Crippen MR) is 148 cm³/mol. The van der Waals surface area contributed by atoms with Crippen molar-refractivity contribution in [2.45, 2.75) is 149 Å². The van der Waals surface area contributed by atoms with Gasteiger partial charge in [-0.05, 0) is 37.7 Å². The molecule has 0 unspecified atom stereocenters. The van der Waals surface area contributed by atoms with Crippen molar-refractivity contribution in [1.29, 1.82) is 0 Å². The van der Waals surface area contributed by atoms with Crippen LogP contribution in [0.15, 0.2) is 42.7 Å². The zero-order chi connectivity index (χ0) is 24.1. The first-order chi connectivity index (χ1) is 16.8. The zero-order valence-electron chi connectivity index (χ0n) is 22.8. The lowest BCUT2D eigenvalue weighted by Gasteiger charge is -2.07. The van der Waals surface area contributed by atoms with Gasteiger partial charge in [0, 0.05) is 6.42 Å². The number of aromatic nitrogens is 2. The van der Waals surface area contributed by atoms with Gasteiger partial charge in [-0.2, -0.15) is 0 Å². The summed E-state index contributed by atoms with van der Waals surface area (Å²) in [5.74, 6) is 1.57. The average molecular weight is 468 g/mol. The molecular weight excluding hydrogens is 412 g/mol. The number of benzene rings is 1. The highest BCUT2D eigenvalue weighted by molar-refractivity contribution is 5.14. The molecule has 34 heavy (non-hydrogen) atoms. The molecule has 2 heteroatoms. The topological polar surface area (TPSA) is 8.81 Å². The third kappa shape index (κ3) is 12.8. The van der Waals surface area contributed by atoms with E-state index in [1.54, 1.807) is 5.82 Å². The molecule has 2 rings (SSSR count). The number of hydrogen-bond acceptors (Lipinski definition) is 0. The highest BCUT2D eigenvalue weighted by Gasteiger charge is 2.16. The van der Waals surface area contributed by atoms with Crippen molar-refractivity contribution in [2.75, 3.05) is 0 Å². The van der Waals surface area contributed by atoms with Crippen LogP contribution in [0.2, 0.25) is 0 Å². The summed E-state index contributed by atoms with van der Waals surface area (Å²) in [6.45, 7) is 6.95. The van der Waals surface area contributed by atoms with Gasteiger partial charge in [0.1, 0.15) is 12.4 Å². The second-order valence-corrected chi connectivity index (χ2v) is 10.4. The van der Waals surface area contributed by atoms with E-state index in [1.165, 1.54) is 134 Å². The van der Waals surface area contributed by atoms with Gasteiger partial charge in [0.25, 0.3) is 5.82 Å². The molecule has 2 nitrogen and oxygen atoms in total. The van der Waals surface area contributed by atoms with Gasteiger partial charge in [-0.25, -0.2) is 9.13 Å². The Morgan fingerprint density at radius 1 is 0.588 bits per heavy atom. The van der Waals surface area contributed by atoms with Crippen molar-refractivity contribution >= 4 is 0 Å². The van der Waals surface area contributed by atoms with Crippen LogP contribution in [0.25, 0.3) is 0 Å². The van der Waals surface area contributed by atoms with E-state index in [2.05, 4.69) is 65.7 Å². The Kier molecular flexibility index (Phi) is 16.6. The average Bonchev–Trinajstić information content (AvgIpc) is 3.24. The molecule has 0 N–H and O–H groups in total. The smallest absolute Gasteiger partial charge is 0.234 e. The largest absolute Gasteiger partial charge is 0.256 e. The maximum atomic E-state index is 2.58. The molecule has 0 amide bonds. The van der Waals surface area contributed by atoms with Crippen LogP contribution in [0.3, 0.4) is 0 Å². The van der Waals surface area contributed by atoms with Crippen LogP contribution in [0.1, 0.15) is 134 Å². The van der Waals surface area contributed by atoms with Gasteiger partial charge in [0.05, 0.1) is 13.1 Å². The van der Waals surface area contributed by atoms with Crippen molar-refractivity contribution < 1.29 is 4.57 Å². The molecule has 0 atom stereocenters. The van der Waals surface area contributed by atoms with Crippen LogP contribution in [-0.4, -0.2) is 4.57 Å². The molecule has 0 aliphatic rings. The molecule has 1 heterocycles. The third-order valence-electron chi connectivity index (χ3n) is 7.30. The lowest BCUT2D eigenvalue weighted by atomic mass is 10.1. The van der Waals surface area contributed by atoms with Gasteiger partial charge in [-0.1, -0.05) is 128 Å². The number of aryl methyl sites for hydroxylation is 3. The van der Waals surface area contributed by atoms with Gasteiger partial charge in [0.15, 0.2) is 0 Å².